The van der Waals surface area contributed by atoms with Crippen molar-refractivity contribution in [1.29, 1.82) is 0 Å². The maximum Gasteiger partial charge on any atom is 0.123 e. The van der Waals surface area contributed by atoms with Gasteiger partial charge in [0, 0.05) is 18.8 Å². The van der Waals surface area contributed by atoms with Crippen LogP contribution in [0.3, 0.4) is 0 Å². The second-order valence-electron chi connectivity index (χ2n) is 5.36. The first-order valence-electron chi connectivity index (χ1n) is 6.77. The summed E-state index contributed by atoms with van der Waals surface area (Å²) in [5.41, 5.74) is 4.45. The van der Waals surface area contributed by atoms with E-state index in [4.69, 9.17) is 0 Å². The Labute approximate surface area is 120 Å². The molecular weight excluding hydrogens is 251 g/mol. The molecule has 1 N–H and O–H groups in total. The lowest BCUT2D eigenvalue weighted by Crippen LogP contribution is -2.10. The maximum absolute atomic E-state index is 13.1. The molecule has 0 saturated carbocycles. The van der Waals surface area contributed by atoms with Crippen LogP contribution in [0.15, 0.2) is 42.5 Å². The number of hydrogen-bond acceptors (Lipinski definition) is 2. The first kappa shape index (κ1) is 14.5. The molecule has 0 heterocycles. The molecule has 0 aromatic heterocycles. The highest BCUT2D eigenvalue weighted by molar-refractivity contribution is 5.46. The van der Waals surface area contributed by atoms with Gasteiger partial charge in [-0.25, -0.2) is 4.39 Å². The average molecular weight is 272 g/mol. The van der Waals surface area contributed by atoms with Crippen molar-refractivity contribution >= 4 is 5.69 Å². The monoisotopic (exact) mass is 272 g/mol. The molecule has 0 aliphatic rings. The number of rotatable bonds is 5. The number of benzene rings is 2. The summed E-state index contributed by atoms with van der Waals surface area (Å²) in [7, 11) is 4.12. The molecule has 2 aromatic carbocycles. The van der Waals surface area contributed by atoms with Crippen molar-refractivity contribution < 1.29 is 4.39 Å². The second kappa shape index (κ2) is 6.53. The lowest BCUT2D eigenvalue weighted by atomic mass is 10.1. The van der Waals surface area contributed by atoms with Gasteiger partial charge in [0.25, 0.3) is 0 Å². The van der Waals surface area contributed by atoms with Crippen LogP contribution in [0.25, 0.3) is 0 Å². The van der Waals surface area contributed by atoms with Crippen molar-refractivity contribution in [2.75, 3.05) is 19.4 Å². The maximum atomic E-state index is 13.1. The number of nitrogens with one attached hydrogen (secondary N) is 1. The van der Waals surface area contributed by atoms with Crippen LogP contribution in [0.2, 0.25) is 0 Å². The van der Waals surface area contributed by atoms with Crippen molar-refractivity contribution in [2.45, 2.75) is 20.0 Å². The van der Waals surface area contributed by atoms with E-state index in [0.717, 1.165) is 23.4 Å². The van der Waals surface area contributed by atoms with Crippen molar-refractivity contribution in [3.63, 3.8) is 0 Å². The molecule has 106 valence electrons. The number of hydrogen-bond donors (Lipinski definition) is 1. The molecular formula is C17H21FN2. The number of aryl methyl sites for hydroxylation is 1. The normalized spacial score (nSPS) is 10.8. The Morgan fingerprint density at radius 1 is 1.10 bits per heavy atom. The lowest BCUT2D eigenvalue weighted by molar-refractivity contribution is 0.402. The number of halogens is 1. The van der Waals surface area contributed by atoms with Gasteiger partial charge in [0.1, 0.15) is 5.82 Å². The van der Waals surface area contributed by atoms with Crippen molar-refractivity contribution in [3.05, 3.63) is 65.0 Å². The van der Waals surface area contributed by atoms with Crippen molar-refractivity contribution in [3.8, 4) is 0 Å². The van der Waals surface area contributed by atoms with E-state index in [-0.39, 0.29) is 5.82 Å². The fourth-order valence-corrected chi connectivity index (χ4v) is 2.20. The summed E-state index contributed by atoms with van der Waals surface area (Å²) in [5.74, 6) is -0.181. The summed E-state index contributed by atoms with van der Waals surface area (Å²) in [6.45, 7) is 3.56. The third-order valence-electron chi connectivity index (χ3n) is 3.21. The molecule has 2 nitrogen and oxygen atoms in total. The third kappa shape index (κ3) is 4.07. The molecule has 2 rings (SSSR count). The molecule has 0 unspecified atom stereocenters. The summed E-state index contributed by atoms with van der Waals surface area (Å²) >= 11 is 0. The Balaban J connectivity index is 2.03. The molecule has 0 amide bonds. The first-order valence-corrected chi connectivity index (χ1v) is 6.77. The summed E-state index contributed by atoms with van der Waals surface area (Å²) in [5, 5.41) is 3.39. The van der Waals surface area contributed by atoms with Crippen LogP contribution >= 0.6 is 0 Å². The molecule has 0 fully saturated rings. The fraction of sp³-hybridized carbons (Fsp3) is 0.294. The predicted molar refractivity (Wildman–Crippen MR) is 82.3 cm³/mol. The van der Waals surface area contributed by atoms with Gasteiger partial charge in [0.05, 0.1) is 0 Å². The van der Waals surface area contributed by atoms with Gasteiger partial charge in [-0.1, -0.05) is 18.2 Å². The zero-order valence-electron chi connectivity index (χ0n) is 12.3. The molecule has 0 bridgehead atoms. The summed E-state index contributed by atoms with van der Waals surface area (Å²) < 4.78 is 13.1. The standard InChI is InChI=1S/C17H21FN2/c1-13-9-16(18)8-7-15(13)11-19-17-6-4-5-14(10-17)12-20(2)3/h4-10,19H,11-12H2,1-3H3. The average Bonchev–Trinajstić information content (AvgIpc) is 2.37. The van der Waals surface area contributed by atoms with E-state index in [1.165, 1.54) is 11.6 Å². The zero-order valence-corrected chi connectivity index (χ0v) is 12.3. The van der Waals surface area contributed by atoms with E-state index in [1.54, 1.807) is 6.07 Å². The van der Waals surface area contributed by atoms with Gasteiger partial charge in [-0.05, 0) is 62.0 Å². The summed E-state index contributed by atoms with van der Waals surface area (Å²) in [6.07, 6.45) is 0. The second-order valence-corrected chi connectivity index (χ2v) is 5.36. The highest BCUT2D eigenvalue weighted by Gasteiger charge is 2.01. The summed E-state index contributed by atoms with van der Waals surface area (Å²) in [4.78, 5) is 2.14. The van der Waals surface area contributed by atoms with Crippen LogP contribution < -0.4 is 5.32 Å². The smallest absolute Gasteiger partial charge is 0.123 e. The zero-order chi connectivity index (χ0) is 14.5. The lowest BCUT2D eigenvalue weighted by Gasteiger charge is -2.13. The number of anilines is 1. The van der Waals surface area contributed by atoms with E-state index in [2.05, 4.69) is 48.6 Å². The largest absolute Gasteiger partial charge is 0.381 e. The van der Waals surface area contributed by atoms with Gasteiger partial charge in [0.2, 0.25) is 0 Å². The molecule has 0 saturated heterocycles. The van der Waals surface area contributed by atoms with Gasteiger partial charge in [0.15, 0.2) is 0 Å². The third-order valence-corrected chi connectivity index (χ3v) is 3.21. The molecule has 20 heavy (non-hydrogen) atoms. The minimum Gasteiger partial charge on any atom is -0.381 e. The Bertz CT molecular complexity index is 579. The van der Waals surface area contributed by atoms with Gasteiger partial charge in [-0.15, -0.1) is 0 Å². The molecule has 0 radical (unpaired) electrons. The van der Waals surface area contributed by atoms with Crippen LogP contribution in [-0.4, -0.2) is 19.0 Å². The topological polar surface area (TPSA) is 15.3 Å². The van der Waals surface area contributed by atoms with E-state index in [0.29, 0.717) is 6.54 Å². The summed E-state index contributed by atoms with van der Waals surface area (Å²) in [6, 6.07) is 13.3. The van der Waals surface area contributed by atoms with E-state index in [1.807, 2.05) is 13.0 Å². The van der Waals surface area contributed by atoms with Gasteiger partial charge in [-0.3, -0.25) is 0 Å². The van der Waals surface area contributed by atoms with Gasteiger partial charge >= 0.3 is 0 Å². The molecule has 2 aromatic rings. The van der Waals surface area contributed by atoms with Crippen LogP contribution in [0.1, 0.15) is 16.7 Å². The molecule has 0 aliphatic carbocycles. The van der Waals surface area contributed by atoms with Crippen LogP contribution in [0.5, 0.6) is 0 Å². The van der Waals surface area contributed by atoms with E-state index < -0.39 is 0 Å². The first-order chi connectivity index (χ1) is 9.54. The van der Waals surface area contributed by atoms with Crippen LogP contribution in [0, 0.1) is 12.7 Å². The highest BCUT2D eigenvalue weighted by atomic mass is 19.1. The number of nitrogens with zero attached hydrogens (tertiary/aromatic N) is 1. The van der Waals surface area contributed by atoms with Crippen LogP contribution in [-0.2, 0) is 13.1 Å². The Hall–Kier alpha value is -1.87. The molecule has 0 spiro atoms. The predicted octanol–water partition coefficient (Wildman–Crippen LogP) is 3.81. The molecule has 0 atom stereocenters. The van der Waals surface area contributed by atoms with Gasteiger partial charge < -0.3 is 10.2 Å². The quantitative estimate of drug-likeness (QED) is 0.890. The minimum atomic E-state index is -0.181. The van der Waals surface area contributed by atoms with Crippen LogP contribution in [0.4, 0.5) is 10.1 Å². The Morgan fingerprint density at radius 3 is 2.60 bits per heavy atom. The van der Waals surface area contributed by atoms with E-state index in [9.17, 15) is 4.39 Å². The fourth-order valence-electron chi connectivity index (χ4n) is 2.20. The SMILES string of the molecule is Cc1cc(F)ccc1CNc1cccc(CN(C)C)c1. The minimum absolute atomic E-state index is 0.181. The molecule has 3 heteroatoms. The van der Waals surface area contributed by atoms with Crippen molar-refractivity contribution in [2.24, 2.45) is 0 Å². The highest BCUT2D eigenvalue weighted by Crippen LogP contribution is 2.15. The Kier molecular flexibility index (Phi) is 4.74. The molecule has 0 aliphatic heterocycles. The van der Waals surface area contributed by atoms with E-state index >= 15 is 0 Å². The van der Waals surface area contributed by atoms with Crippen molar-refractivity contribution in [1.82, 2.24) is 4.90 Å². The Morgan fingerprint density at radius 2 is 1.90 bits per heavy atom. The van der Waals surface area contributed by atoms with Gasteiger partial charge in [-0.2, -0.15) is 0 Å².